The van der Waals surface area contributed by atoms with Crippen LogP contribution in [0.4, 0.5) is 5.95 Å². The van der Waals surface area contributed by atoms with Crippen molar-refractivity contribution < 1.29 is 4.74 Å². The molecule has 0 radical (unpaired) electrons. The monoisotopic (exact) mass is 224 g/mol. The van der Waals surface area contributed by atoms with Crippen LogP contribution in [0.1, 0.15) is 13.3 Å². The fourth-order valence-corrected chi connectivity index (χ4v) is 1.24. The van der Waals surface area contributed by atoms with Crippen molar-refractivity contribution in [3.8, 4) is 5.75 Å². The largest absolute Gasteiger partial charge is 0.494 e. The Morgan fingerprint density at radius 2 is 2.00 bits per heavy atom. The van der Waals surface area contributed by atoms with Crippen LogP contribution in [-0.2, 0) is 0 Å². The third-order valence-electron chi connectivity index (χ3n) is 2.25. The van der Waals surface area contributed by atoms with E-state index in [-0.39, 0.29) is 0 Å². The van der Waals surface area contributed by atoms with E-state index in [4.69, 9.17) is 4.74 Å². The topological polar surface area (TPSA) is 50.3 Å². The lowest BCUT2D eigenvalue weighted by atomic mass is 10.2. The maximum atomic E-state index is 4.99. The standard InChI is InChI=1S/C11H20N4O/c1-9(5-6-15(2)3)14-11-12-7-10(16-4)8-13-11/h7-9H,5-6H2,1-4H3,(H,12,13,14). The summed E-state index contributed by atoms with van der Waals surface area (Å²) in [6.07, 6.45) is 4.38. The van der Waals surface area contributed by atoms with Crippen molar-refractivity contribution >= 4 is 5.95 Å². The first-order valence-electron chi connectivity index (χ1n) is 5.39. The second-order valence-electron chi connectivity index (χ2n) is 4.08. The smallest absolute Gasteiger partial charge is 0.223 e. The van der Waals surface area contributed by atoms with E-state index in [1.807, 2.05) is 0 Å². The number of aromatic nitrogens is 2. The molecule has 0 aliphatic carbocycles. The average molecular weight is 224 g/mol. The van der Waals surface area contributed by atoms with Gasteiger partial charge in [-0.1, -0.05) is 0 Å². The second kappa shape index (κ2) is 6.27. The molecule has 1 rings (SSSR count). The number of nitrogens with one attached hydrogen (secondary N) is 1. The molecule has 0 spiro atoms. The molecule has 5 nitrogen and oxygen atoms in total. The minimum Gasteiger partial charge on any atom is -0.494 e. The Morgan fingerprint density at radius 1 is 1.38 bits per heavy atom. The van der Waals surface area contributed by atoms with Crippen LogP contribution in [0.3, 0.4) is 0 Å². The predicted octanol–water partition coefficient (Wildman–Crippen LogP) is 1.24. The summed E-state index contributed by atoms with van der Waals surface area (Å²) in [6, 6.07) is 0.357. The summed E-state index contributed by atoms with van der Waals surface area (Å²) in [6.45, 7) is 3.17. The fraction of sp³-hybridized carbons (Fsp3) is 0.636. The Morgan fingerprint density at radius 3 is 2.50 bits per heavy atom. The molecule has 16 heavy (non-hydrogen) atoms. The van der Waals surface area contributed by atoms with Gasteiger partial charge in [0.15, 0.2) is 5.75 Å². The second-order valence-corrected chi connectivity index (χ2v) is 4.08. The van der Waals surface area contributed by atoms with Gasteiger partial charge in [0.1, 0.15) is 0 Å². The maximum absolute atomic E-state index is 4.99. The minimum atomic E-state index is 0.357. The third-order valence-corrected chi connectivity index (χ3v) is 2.25. The molecule has 0 aliphatic heterocycles. The van der Waals surface area contributed by atoms with Gasteiger partial charge in [-0.05, 0) is 34.0 Å². The molecular formula is C11H20N4O. The summed E-state index contributed by atoms with van der Waals surface area (Å²) in [4.78, 5) is 10.5. The van der Waals surface area contributed by atoms with Crippen molar-refractivity contribution in [3.05, 3.63) is 12.4 Å². The third kappa shape index (κ3) is 4.44. The molecular weight excluding hydrogens is 204 g/mol. The first-order valence-corrected chi connectivity index (χ1v) is 5.39. The summed E-state index contributed by atoms with van der Waals surface area (Å²) < 4.78 is 4.99. The maximum Gasteiger partial charge on any atom is 0.223 e. The van der Waals surface area contributed by atoms with Gasteiger partial charge in [0, 0.05) is 6.04 Å². The molecule has 0 aliphatic rings. The van der Waals surface area contributed by atoms with Gasteiger partial charge < -0.3 is 15.0 Å². The first-order chi connectivity index (χ1) is 7.61. The summed E-state index contributed by atoms with van der Waals surface area (Å²) >= 11 is 0. The minimum absolute atomic E-state index is 0.357. The number of anilines is 1. The molecule has 0 fully saturated rings. The van der Waals surface area contributed by atoms with E-state index in [0.717, 1.165) is 13.0 Å². The summed E-state index contributed by atoms with van der Waals surface area (Å²) in [5, 5.41) is 3.24. The van der Waals surface area contributed by atoms with Gasteiger partial charge >= 0.3 is 0 Å². The SMILES string of the molecule is COc1cnc(NC(C)CCN(C)C)nc1. The van der Waals surface area contributed by atoms with Crippen LogP contribution in [0.2, 0.25) is 0 Å². The molecule has 0 aromatic carbocycles. The number of hydrogen-bond donors (Lipinski definition) is 1. The summed E-state index contributed by atoms with van der Waals surface area (Å²) in [5.41, 5.74) is 0. The van der Waals surface area contributed by atoms with E-state index in [1.54, 1.807) is 19.5 Å². The van der Waals surface area contributed by atoms with Gasteiger partial charge in [0.25, 0.3) is 0 Å². The van der Waals surface area contributed by atoms with Crippen LogP contribution in [0.5, 0.6) is 5.75 Å². The normalized spacial score (nSPS) is 12.6. The zero-order valence-electron chi connectivity index (χ0n) is 10.4. The molecule has 90 valence electrons. The highest BCUT2D eigenvalue weighted by Gasteiger charge is 2.04. The van der Waals surface area contributed by atoms with E-state index in [0.29, 0.717) is 17.7 Å². The zero-order chi connectivity index (χ0) is 12.0. The lowest BCUT2D eigenvalue weighted by molar-refractivity contribution is 0.390. The van der Waals surface area contributed by atoms with Crippen LogP contribution in [-0.4, -0.2) is 48.7 Å². The Labute approximate surface area is 96.8 Å². The number of nitrogens with zero attached hydrogens (tertiary/aromatic N) is 3. The lowest BCUT2D eigenvalue weighted by Gasteiger charge is -2.16. The van der Waals surface area contributed by atoms with Gasteiger partial charge in [-0.3, -0.25) is 0 Å². The highest BCUT2D eigenvalue weighted by molar-refractivity contribution is 5.27. The first kappa shape index (κ1) is 12.7. The molecule has 0 bridgehead atoms. The van der Waals surface area contributed by atoms with Gasteiger partial charge in [0.2, 0.25) is 5.95 Å². The molecule has 1 N–H and O–H groups in total. The Balaban J connectivity index is 2.40. The Hall–Kier alpha value is -1.36. The molecule has 1 heterocycles. The number of ether oxygens (including phenoxy) is 1. The number of hydrogen-bond acceptors (Lipinski definition) is 5. The van der Waals surface area contributed by atoms with Crippen molar-refractivity contribution in [3.63, 3.8) is 0 Å². The van der Waals surface area contributed by atoms with Crippen molar-refractivity contribution in [2.75, 3.05) is 33.1 Å². The predicted molar refractivity (Wildman–Crippen MR) is 64.8 cm³/mol. The lowest BCUT2D eigenvalue weighted by Crippen LogP contribution is -2.23. The van der Waals surface area contributed by atoms with E-state index in [1.165, 1.54) is 0 Å². The Bertz CT molecular complexity index is 299. The fourth-order valence-electron chi connectivity index (χ4n) is 1.24. The van der Waals surface area contributed by atoms with E-state index >= 15 is 0 Å². The van der Waals surface area contributed by atoms with Crippen molar-refractivity contribution in [2.24, 2.45) is 0 Å². The molecule has 1 atom stereocenters. The van der Waals surface area contributed by atoms with Crippen molar-refractivity contribution in [1.82, 2.24) is 14.9 Å². The van der Waals surface area contributed by atoms with Crippen molar-refractivity contribution in [1.29, 1.82) is 0 Å². The molecule has 0 saturated carbocycles. The highest BCUT2D eigenvalue weighted by atomic mass is 16.5. The van der Waals surface area contributed by atoms with Crippen LogP contribution in [0.25, 0.3) is 0 Å². The van der Waals surface area contributed by atoms with Crippen molar-refractivity contribution in [2.45, 2.75) is 19.4 Å². The summed E-state index contributed by atoms with van der Waals surface area (Å²) in [7, 11) is 5.73. The highest BCUT2D eigenvalue weighted by Crippen LogP contribution is 2.08. The van der Waals surface area contributed by atoms with Crippen LogP contribution >= 0.6 is 0 Å². The molecule has 5 heteroatoms. The van der Waals surface area contributed by atoms with Crippen LogP contribution < -0.4 is 10.1 Å². The number of rotatable bonds is 6. The Kier molecular flexibility index (Phi) is 4.98. The molecule has 1 aromatic rings. The van der Waals surface area contributed by atoms with Gasteiger partial charge in [-0.2, -0.15) is 0 Å². The molecule has 1 unspecified atom stereocenters. The molecule has 0 amide bonds. The molecule has 0 saturated heterocycles. The van der Waals surface area contributed by atoms with Crippen LogP contribution in [0, 0.1) is 0 Å². The van der Waals surface area contributed by atoms with Gasteiger partial charge in [0.05, 0.1) is 19.5 Å². The van der Waals surface area contributed by atoms with E-state index < -0.39 is 0 Å². The average Bonchev–Trinajstić information content (AvgIpc) is 2.27. The van der Waals surface area contributed by atoms with Crippen LogP contribution in [0.15, 0.2) is 12.4 Å². The van der Waals surface area contributed by atoms with Gasteiger partial charge in [-0.25, -0.2) is 9.97 Å². The molecule has 1 aromatic heterocycles. The number of methoxy groups -OCH3 is 1. The zero-order valence-corrected chi connectivity index (χ0v) is 10.4. The summed E-state index contributed by atoms with van der Waals surface area (Å²) in [5.74, 6) is 1.32. The van der Waals surface area contributed by atoms with Gasteiger partial charge in [-0.15, -0.1) is 0 Å². The van der Waals surface area contributed by atoms with E-state index in [2.05, 4.69) is 41.2 Å². The van der Waals surface area contributed by atoms with E-state index in [9.17, 15) is 0 Å². The quantitative estimate of drug-likeness (QED) is 0.787.